The molecule has 0 fully saturated rings. The van der Waals surface area contributed by atoms with Crippen LogP contribution in [0.5, 0.6) is 0 Å². The van der Waals surface area contributed by atoms with E-state index in [2.05, 4.69) is 10.5 Å². The first kappa shape index (κ1) is 15.2. The first-order chi connectivity index (χ1) is 10.4. The summed E-state index contributed by atoms with van der Waals surface area (Å²) in [6.07, 6.45) is 0. The minimum Gasteiger partial charge on any atom is -0.460 e. The first-order valence-corrected chi connectivity index (χ1v) is 6.18. The summed E-state index contributed by atoms with van der Waals surface area (Å²) in [5, 5.41) is 25.6. The van der Waals surface area contributed by atoms with Crippen LogP contribution < -0.4 is 5.43 Å². The van der Waals surface area contributed by atoms with Crippen LogP contribution in [0.1, 0.15) is 18.4 Å². The van der Waals surface area contributed by atoms with Crippen molar-refractivity contribution < 1.29 is 14.3 Å². The summed E-state index contributed by atoms with van der Waals surface area (Å²) in [6, 6.07) is 6.77. The zero-order valence-electron chi connectivity index (χ0n) is 11.8. The van der Waals surface area contributed by atoms with Crippen LogP contribution in [0, 0.1) is 27.2 Å². The molecule has 0 aliphatic rings. The van der Waals surface area contributed by atoms with Gasteiger partial charge in [0.25, 0.3) is 5.69 Å². The summed E-state index contributed by atoms with van der Waals surface area (Å²) in [4.78, 5) is 20.2. The van der Waals surface area contributed by atoms with Crippen molar-refractivity contribution in [1.82, 2.24) is 0 Å². The number of nitro groups is 2. The van der Waals surface area contributed by atoms with E-state index < -0.39 is 15.5 Å². The third-order valence-corrected chi connectivity index (χ3v) is 2.83. The molecule has 0 aliphatic heterocycles. The molecule has 1 aromatic carbocycles. The molecule has 9 nitrogen and oxygen atoms in total. The second-order valence-electron chi connectivity index (χ2n) is 4.43. The largest absolute Gasteiger partial charge is 0.460 e. The second kappa shape index (κ2) is 6.04. The van der Waals surface area contributed by atoms with Crippen molar-refractivity contribution in [3.05, 3.63) is 62.1 Å². The zero-order valence-corrected chi connectivity index (χ0v) is 11.8. The molecular formula is C13H12N4O5. The third kappa shape index (κ3) is 3.26. The molecule has 0 amide bonds. The number of furan rings is 1. The summed E-state index contributed by atoms with van der Waals surface area (Å²) in [7, 11) is 0. The van der Waals surface area contributed by atoms with Crippen molar-refractivity contribution in [3.8, 4) is 0 Å². The molecule has 0 saturated heterocycles. The maximum atomic E-state index is 11.0. The summed E-state index contributed by atoms with van der Waals surface area (Å²) in [6.45, 7) is 3.45. The highest BCUT2D eigenvalue weighted by atomic mass is 16.6. The molecule has 0 unspecified atom stereocenters. The van der Waals surface area contributed by atoms with Crippen molar-refractivity contribution in [1.29, 1.82) is 0 Å². The Balaban J connectivity index is 2.29. The van der Waals surface area contributed by atoms with E-state index in [9.17, 15) is 20.2 Å². The van der Waals surface area contributed by atoms with Crippen LogP contribution in [-0.2, 0) is 0 Å². The Bertz CT molecular complexity index is 766. The lowest BCUT2D eigenvalue weighted by Crippen LogP contribution is -2.01. The lowest BCUT2D eigenvalue weighted by atomic mass is 10.2. The van der Waals surface area contributed by atoms with E-state index in [1.165, 1.54) is 6.07 Å². The third-order valence-electron chi connectivity index (χ3n) is 2.83. The molecule has 1 heterocycles. The van der Waals surface area contributed by atoms with E-state index in [0.717, 1.165) is 12.1 Å². The minimum atomic E-state index is -0.711. The molecule has 1 N–H and O–H groups in total. The van der Waals surface area contributed by atoms with Crippen LogP contribution in [0.2, 0.25) is 0 Å². The SMILES string of the molecule is CC(=NNc1ccc([N+](=O)[O-])cc1[N+](=O)[O-])c1ccc(C)o1. The van der Waals surface area contributed by atoms with Crippen LogP contribution in [0.4, 0.5) is 17.1 Å². The summed E-state index contributed by atoms with van der Waals surface area (Å²) in [5.74, 6) is 1.24. The number of non-ortho nitro benzene ring substituents is 1. The molecule has 0 atom stereocenters. The van der Waals surface area contributed by atoms with E-state index in [1.54, 1.807) is 26.0 Å². The van der Waals surface area contributed by atoms with Crippen molar-refractivity contribution >= 4 is 22.8 Å². The van der Waals surface area contributed by atoms with Crippen LogP contribution >= 0.6 is 0 Å². The van der Waals surface area contributed by atoms with E-state index >= 15 is 0 Å². The van der Waals surface area contributed by atoms with Gasteiger partial charge < -0.3 is 4.42 Å². The zero-order chi connectivity index (χ0) is 16.3. The van der Waals surface area contributed by atoms with Gasteiger partial charge in [0.05, 0.1) is 15.9 Å². The summed E-state index contributed by atoms with van der Waals surface area (Å²) >= 11 is 0. The standard InChI is InChI=1S/C13H12N4O5/c1-8-3-6-13(22-8)9(2)14-15-11-5-4-10(16(18)19)7-12(11)17(20)21/h3-7,15H,1-2H3. The first-order valence-electron chi connectivity index (χ1n) is 6.18. The number of aryl methyl sites for hydroxylation is 1. The van der Waals surface area contributed by atoms with Crippen molar-refractivity contribution in [2.24, 2.45) is 5.10 Å². The van der Waals surface area contributed by atoms with Crippen LogP contribution in [-0.4, -0.2) is 15.6 Å². The second-order valence-corrected chi connectivity index (χ2v) is 4.43. The van der Waals surface area contributed by atoms with E-state index in [4.69, 9.17) is 4.42 Å². The average Bonchev–Trinajstić information content (AvgIpc) is 2.91. The number of benzene rings is 1. The molecule has 9 heteroatoms. The molecular weight excluding hydrogens is 292 g/mol. The van der Waals surface area contributed by atoms with Crippen molar-refractivity contribution in [3.63, 3.8) is 0 Å². The molecule has 114 valence electrons. The molecule has 22 heavy (non-hydrogen) atoms. The Labute approximate surface area is 124 Å². The number of nitro benzene ring substituents is 2. The van der Waals surface area contributed by atoms with E-state index in [-0.39, 0.29) is 11.4 Å². The smallest absolute Gasteiger partial charge is 0.301 e. The summed E-state index contributed by atoms with van der Waals surface area (Å²) in [5.41, 5.74) is 2.28. The average molecular weight is 304 g/mol. The number of rotatable bonds is 5. The molecule has 0 saturated carbocycles. The van der Waals surface area contributed by atoms with Crippen molar-refractivity contribution in [2.45, 2.75) is 13.8 Å². The quantitative estimate of drug-likeness (QED) is 0.513. The van der Waals surface area contributed by atoms with Crippen molar-refractivity contribution in [2.75, 3.05) is 5.43 Å². The highest BCUT2D eigenvalue weighted by Gasteiger charge is 2.19. The van der Waals surface area contributed by atoms with E-state index in [0.29, 0.717) is 17.2 Å². The van der Waals surface area contributed by atoms with Crippen LogP contribution in [0.25, 0.3) is 0 Å². The number of hydrazone groups is 1. The maximum absolute atomic E-state index is 11.0. The topological polar surface area (TPSA) is 124 Å². The number of nitrogens with zero attached hydrogens (tertiary/aromatic N) is 3. The minimum absolute atomic E-state index is 0.0539. The molecule has 0 spiro atoms. The van der Waals surface area contributed by atoms with Gasteiger partial charge in [-0.1, -0.05) is 0 Å². The molecule has 0 bridgehead atoms. The Hall–Kier alpha value is -3.23. The molecule has 0 radical (unpaired) electrons. The number of nitrogens with one attached hydrogen (secondary N) is 1. The van der Waals surface area contributed by atoms with Gasteiger partial charge >= 0.3 is 5.69 Å². The highest BCUT2D eigenvalue weighted by Crippen LogP contribution is 2.29. The van der Waals surface area contributed by atoms with Crippen LogP contribution in [0.3, 0.4) is 0 Å². The van der Waals surface area contributed by atoms with Gasteiger partial charge in [0.15, 0.2) is 0 Å². The number of hydrogen-bond acceptors (Lipinski definition) is 7. The monoisotopic (exact) mass is 304 g/mol. The van der Waals surface area contributed by atoms with Gasteiger partial charge in [-0.2, -0.15) is 5.10 Å². The van der Waals surface area contributed by atoms with Gasteiger partial charge in [0, 0.05) is 6.07 Å². The fourth-order valence-electron chi connectivity index (χ4n) is 1.71. The molecule has 0 aliphatic carbocycles. The lowest BCUT2D eigenvalue weighted by molar-refractivity contribution is -0.393. The number of hydrogen-bond donors (Lipinski definition) is 1. The fourth-order valence-corrected chi connectivity index (χ4v) is 1.71. The molecule has 1 aromatic heterocycles. The Morgan fingerprint density at radius 1 is 1.18 bits per heavy atom. The van der Waals surface area contributed by atoms with Gasteiger partial charge in [-0.25, -0.2) is 0 Å². The normalized spacial score (nSPS) is 11.3. The van der Waals surface area contributed by atoms with E-state index in [1.807, 2.05) is 0 Å². The van der Waals surface area contributed by atoms with Gasteiger partial charge in [0.1, 0.15) is 22.9 Å². The predicted octanol–water partition coefficient (Wildman–Crippen LogP) is 3.24. The Morgan fingerprint density at radius 2 is 1.91 bits per heavy atom. The van der Waals surface area contributed by atoms with Gasteiger partial charge in [-0.15, -0.1) is 0 Å². The number of anilines is 1. The maximum Gasteiger partial charge on any atom is 0.301 e. The lowest BCUT2D eigenvalue weighted by Gasteiger charge is -2.03. The predicted molar refractivity (Wildman–Crippen MR) is 79.0 cm³/mol. The molecule has 2 rings (SSSR count). The van der Waals surface area contributed by atoms with Gasteiger partial charge in [-0.05, 0) is 32.0 Å². The van der Waals surface area contributed by atoms with Gasteiger partial charge in [0.2, 0.25) is 0 Å². The van der Waals surface area contributed by atoms with Crippen LogP contribution in [0.15, 0.2) is 39.9 Å². The Kier molecular flexibility index (Phi) is 4.16. The fraction of sp³-hybridized carbons (Fsp3) is 0.154. The summed E-state index contributed by atoms with van der Waals surface area (Å²) < 4.78 is 5.37. The van der Waals surface area contributed by atoms with Gasteiger partial charge in [-0.3, -0.25) is 25.7 Å². The molecule has 2 aromatic rings. The Morgan fingerprint density at radius 3 is 2.45 bits per heavy atom. The highest BCUT2D eigenvalue weighted by molar-refractivity contribution is 5.96.